The Morgan fingerprint density at radius 2 is 1.87 bits per heavy atom. The molecule has 0 amide bonds. The van der Waals surface area contributed by atoms with Crippen LogP contribution in [0.1, 0.15) is 21.5 Å². The summed E-state index contributed by atoms with van der Waals surface area (Å²) in [6.07, 6.45) is 1.48. The van der Waals surface area contributed by atoms with Gasteiger partial charge in [-0.3, -0.25) is 9.79 Å². The highest BCUT2D eigenvalue weighted by Gasteiger charge is 2.14. The van der Waals surface area contributed by atoms with Crippen LogP contribution in [0.3, 0.4) is 0 Å². The largest absolute Gasteiger partial charge is 0.504 e. The van der Waals surface area contributed by atoms with E-state index in [2.05, 4.69) is 9.98 Å². The van der Waals surface area contributed by atoms with E-state index in [9.17, 15) is 15.0 Å². The van der Waals surface area contributed by atoms with Crippen LogP contribution in [0.25, 0.3) is 10.9 Å². The molecule has 0 aliphatic heterocycles. The molecule has 0 atom stereocenters. The average molecular weight is 401 g/mol. The van der Waals surface area contributed by atoms with Crippen molar-refractivity contribution in [2.45, 2.75) is 0 Å². The Hall–Kier alpha value is -4.26. The number of ether oxygens (including phenoxy) is 1. The second-order valence-corrected chi connectivity index (χ2v) is 6.72. The Balaban J connectivity index is 1.72. The number of fused-ring (bicyclic) bond motifs is 1. The SMILES string of the molecule is COc1ccc(N=Cc2c(O)[nH]c3ccc(C(=O)c4cccc(N)c4)cc23)cc1O. The van der Waals surface area contributed by atoms with Gasteiger partial charge in [-0.2, -0.15) is 0 Å². The van der Waals surface area contributed by atoms with Crippen LogP contribution in [0.5, 0.6) is 17.4 Å². The number of anilines is 1. The molecular weight excluding hydrogens is 382 g/mol. The average Bonchev–Trinajstić information content (AvgIpc) is 3.06. The van der Waals surface area contributed by atoms with Crippen molar-refractivity contribution in [1.82, 2.24) is 4.98 Å². The minimum Gasteiger partial charge on any atom is -0.504 e. The van der Waals surface area contributed by atoms with Gasteiger partial charge in [0.25, 0.3) is 0 Å². The minimum absolute atomic E-state index is 0.0367. The van der Waals surface area contributed by atoms with Crippen LogP contribution >= 0.6 is 0 Å². The molecule has 30 heavy (non-hydrogen) atoms. The molecule has 0 spiro atoms. The van der Waals surface area contributed by atoms with Crippen LogP contribution in [0, 0.1) is 0 Å². The van der Waals surface area contributed by atoms with E-state index in [1.54, 1.807) is 54.6 Å². The first-order valence-electron chi connectivity index (χ1n) is 9.12. The molecule has 0 fully saturated rings. The maximum atomic E-state index is 12.8. The molecule has 7 nitrogen and oxygen atoms in total. The second-order valence-electron chi connectivity index (χ2n) is 6.72. The summed E-state index contributed by atoms with van der Waals surface area (Å²) in [5.41, 5.74) is 8.82. The Morgan fingerprint density at radius 1 is 1.07 bits per heavy atom. The van der Waals surface area contributed by atoms with Gasteiger partial charge in [0.15, 0.2) is 23.2 Å². The number of methoxy groups -OCH3 is 1. The van der Waals surface area contributed by atoms with Crippen LogP contribution < -0.4 is 10.5 Å². The Morgan fingerprint density at radius 3 is 2.60 bits per heavy atom. The van der Waals surface area contributed by atoms with Gasteiger partial charge in [-0.05, 0) is 42.5 Å². The number of phenolic OH excluding ortho intramolecular Hbond substituents is 1. The van der Waals surface area contributed by atoms with Gasteiger partial charge < -0.3 is 25.7 Å². The lowest BCUT2D eigenvalue weighted by Gasteiger charge is -2.04. The lowest BCUT2D eigenvalue weighted by atomic mass is 10.0. The molecule has 0 aliphatic rings. The first kappa shape index (κ1) is 19.1. The Labute approximate surface area is 172 Å². The fourth-order valence-corrected chi connectivity index (χ4v) is 3.21. The van der Waals surface area contributed by atoms with Crippen LogP contribution in [0.4, 0.5) is 11.4 Å². The molecule has 1 heterocycles. The van der Waals surface area contributed by atoms with Crippen LogP contribution in [-0.2, 0) is 0 Å². The summed E-state index contributed by atoms with van der Waals surface area (Å²) in [5.74, 6) is 0.0619. The van der Waals surface area contributed by atoms with Gasteiger partial charge in [0.05, 0.1) is 18.4 Å². The lowest BCUT2D eigenvalue weighted by molar-refractivity contribution is 0.103. The van der Waals surface area contributed by atoms with E-state index >= 15 is 0 Å². The molecule has 4 rings (SSSR count). The van der Waals surface area contributed by atoms with Crippen molar-refractivity contribution in [3.63, 3.8) is 0 Å². The molecule has 0 unspecified atom stereocenters. The van der Waals surface area contributed by atoms with Crippen molar-refractivity contribution >= 4 is 34.3 Å². The molecule has 0 saturated carbocycles. The molecule has 5 N–H and O–H groups in total. The third kappa shape index (κ3) is 3.56. The third-order valence-corrected chi connectivity index (χ3v) is 4.73. The van der Waals surface area contributed by atoms with E-state index in [1.165, 1.54) is 19.4 Å². The van der Waals surface area contributed by atoms with Crippen molar-refractivity contribution in [3.05, 3.63) is 77.4 Å². The van der Waals surface area contributed by atoms with Gasteiger partial charge in [0.2, 0.25) is 0 Å². The number of H-pyrrole nitrogens is 1. The van der Waals surface area contributed by atoms with Crippen molar-refractivity contribution in [2.75, 3.05) is 12.8 Å². The quantitative estimate of drug-likeness (QED) is 0.227. The number of carbonyl (C=O) groups is 1. The van der Waals surface area contributed by atoms with Crippen molar-refractivity contribution in [3.8, 4) is 17.4 Å². The summed E-state index contributed by atoms with van der Waals surface area (Å²) in [4.78, 5) is 20.0. The molecule has 4 aromatic rings. The van der Waals surface area contributed by atoms with E-state index < -0.39 is 0 Å². The Bertz CT molecular complexity index is 1290. The summed E-state index contributed by atoms with van der Waals surface area (Å²) in [7, 11) is 1.46. The first-order chi connectivity index (χ1) is 14.5. The van der Waals surface area contributed by atoms with E-state index in [0.29, 0.717) is 44.7 Å². The van der Waals surface area contributed by atoms with Gasteiger partial charge in [-0.15, -0.1) is 0 Å². The highest BCUT2D eigenvalue weighted by molar-refractivity contribution is 6.12. The fraction of sp³-hybridized carbons (Fsp3) is 0.0435. The number of nitrogens with zero attached hydrogens (tertiary/aromatic N) is 1. The third-order valence-electron chi connectivity index (χ3n) is 4.73. The molecule has 0 aliphatic carbocycles. The van der Waals surface area contributed by atoms with Gasteiger partial charge in [-0.1, -0.05) is 12.1 Å². The predicted molar refractivity (Wildman–Crippen MR) is 116 cm³/mol. The predicted octanol–water partition coefficient (Wildman–Crippen LogP) is 4.15. The maximum absolute atomic E-state index is 12.8. The topological polar surface area (TPSA) is 121 Å². The van der Waals surface area contributed by atoms with Crippen LogP contribution in [0.15, 0.2) is 65.7 Å². The van der Waals surface area contributed by atoms with E-state index in [0.717, 1.165) is 0 Å². The normalized spacial score (nSPS) is 11.2. The molecule has 0 radical (unpaired) electrons. The molecular formula is C23H19N3O4. The number of hydrogen-bond acceptors (Lipinski definition) is 6. The summed E-state index contributed by atoms with van der Waals surface area (Å²) < 4.78 is 5.02. The number of carbonyl (C=O) groups excluding carboxylic acids is 1. The summed E-state index contributed by atoms with van der Waals surface area (Å²) in [6, 6.07) is 16.6. The van der Waals surface area contributed by atoms with Gasteiger partial charge >= 0.3 is 0 Å². The molecule has 1 aromatic heterocycles. The Kier molecular flexibility index (Phi) is 4.85. The molecule has 0 bridgehead atoms. The number of rotatable bonds is 5. The van der Waals surface area contributed by atoms with Gasteiger partial charge in [0, 0.05) is 40.0 Å². The summed E-state index contributed by atoms with van der Waals surface area (Å²) in [5, 5.41) is 20.9. The maximum Gasteiger partial charge on any atom is 0.198 e. The fourth-order valence-electron chi connectivity index (χ4n) is 3.21. The smallest absolute Gasteiger partial charge is 0.198 e. The number of aromatic nitrogens is 1. The summed E-state index contributed by atoms with van der Waals surface area (Å²) in [6.45, 7) is 0. The van der Waals surface area contributed by atoms with E-state index in [-0.39, 0.29) is 17.4 Å². The van der Waals surface area contributed by atoms with E-state index in [4.69, 9.17) is 10.5 Å². The zero-order chi connectivity index (χ0) is 21.3. The van der Waals surface area contributed by atoms with Crippen LogP contribution in [0.2, 0.25) is 0 Å². The van der Waals surface area contributed by atoms with Crippen molar-refractivity contribution < 1.29 is 19.7 Å². The number of aromatic amines is 1. The highest BCUT2D eigenvalue weighted by atomic mass is 16.5. The lowest BCUT2D eigenvalue weighted by Crippen LogP contribution is -2.02. The number of aliphatic imine (C=N–C) groups is 1. The number of nitrogens with two attached hydrogens (primary N) is 1. The number of nitrogens with one attached hydrogen (secondary N) is 1. The summed E-state index contributed by atoms with van der Waals surface area (Å²) >= 11 is 0. The van der Waals surface area contributed by atoms with Gasteiger partial charge in [0.1, 0.15) is 0 Å². The monoisotopic (exact) mass is 401 g/mol. The number of hydrogen-bond donors (Lipinski definition) is 4. The molecule has 7 heteroatoms. The standard InChI is InChI=1S/C23H19N3O4/c1-30-21-8-6-16(11-20(21)27)25-12-18-17-10-14(5-7-19(17)26-23(18)29)22(28)13-3-2-4-15(24)9-13/h2-12,26-27,29H,24H2,1H3. The van der Waals surface area contributed by atoms with Crippen LogP contribution in [-0.4, -0.2) is 34.3 Å². The van der Waals surface area contributed by atoms with Crippen molar-refractivity contribution in [1.29, 1.82) is 0 Å². The number of benzene rings is 3. The molecule has 0 saturated heterocycles. The highest BCUT2D eigenvalue weighted by Crippen LogP contribution is 2.31. The number of aromatic hydroxyl groups is 2. The zero-order valence-corrected chi connectivity index (χ0v) is 16.1. The zero-order valence-electron chi connectivity index (χ0n) is 16.1. The number of phenols is 1. The minimum atomic E-state index is -0.173. The number of nitrogen functional groups attached to an aromatic ring is 1. The molecule has 3 aromatic carbocycles. The first-order valence-corrected chi connectivity index (χ1v) is 9.12. The molecule has 150 valence electrons. The van der Waals surface area contributed by atoms with E-state index in [1.807, 2.05) is 0 Å². The van der Waals surface area contributed by atoms with Crippen molar-refractivity contribution in [2.24, 2.45) is 4.99 Å². The van der Waals surface area contributed by atoms with Gasteiger partial charge in [-0.25, -0.2) is 0 Å². The number of ketones is 1. The second kappa shape index (κ2) is 7.63.